The molecule has 11 nitrogen and oxygen atoms in total. The van der Waals surface area contributed by atoms with Crippen LogP contribution in [0.2, 0.25) is 0 Å². The molecular formula is C28H36N4O7S. The van der Waals surface area contributed by atoms with E-state index in [-0.39, 0.29) is 25.7 Å². The number of ether oxygens (including phenoxy) is 1. The average Bonchev–Trinajstić information content (AvgIpc) is 3.31. The fraction of sp³-hybridized carbons (Fsp3) is 0.464. The van der Waals surface area contributed by atoms with Crippen LogP contribution < -0.4 is 0 Å². The molecule has 3 aromatic rings. The summed E-state index contributed by atoms with van der Waals surface area (Å²) in [5, 5.41) is 27.4. The third-order valence-electron chi connectivity index (χ3n) is 7.53. The van der Waals surface area contributed by atoms with E-state index in [1.807, 2.05) is 62.7 Å². The molecule has 0 saturated carbocycles. The second-order valence-electron chi connectivity index (χ2n) is 10.6. The first-order valence-corrected chi connectivity index (χ1v) is 14.5. The highest BCUT2D eigenvalue weighted by Gasteiger charge is 2.41. The lowest BCUT2D eigenvalue weighted by molar-refractivity contribution is -0.151. The molecule has 2 aromatic carbocycles. The van der Waals surface area contributed by atoms with E-state index in [1.165, 1.54) is 13.2 Å². The summed E-state index contributed by atoms with van der Waals surface area (Å²) in [4.78, 5) is 13.1. The van der Waals surface area contributed by atoms with E-state index in [4.69, 9.17) is 9.84 Å². The summed E-state index contributed by atoms with van der Waals surface area (Å²) in [5.41, 5.74) is 4.76. The minimum Gasteiger partial charge on any atom is -0.480 e. The molecule has 1 aliphatic heterocycles. The summed E-state index contributed by atoms with van der Waals surface area (Å²) in [6.45, 7) is 8.24. The zero-order valence-electron chi connectivity index (χ0n) is 23.4. The number of carbonyl (C=O) groups is 1. The minimum absolute atomic E-state index is 0.0251. The lowest BCUT2D eigenvalue weighted by Gasteiger charge is -2.34. The van der Waals surface area contributed by atoms with Crippen LogP contribution in [0.3, 0.4) is 0 Å². The monoisotopic (exact) mass is 572 g/mol. The number of aliphatic hydroxyl groups is 2. The fourth-order valence-corrected chi connectivity index (χ4v) is 6.18. The van der Waals surface area contributed by atoms with E-state index >= 15 is 0 Å². The van der Waals surface area contributed by atoms with E-state index < -0.39 is 27.6 Å². The molecule has 4 rings (SSSR count). The van der Waals surface area contributed by atoms with Crippen molar-refractivity contribution < 1.29 is 32.3 Å². The number of methoxy groups -OCH3 is 1. The Bertz CT molecular complexity index is 1550. The van der Waals surface area contributed by atoms with Gasteiger partial charge in [-0.05, 0) is 74.4 Å². The Balaban J connectivity index is 1.81. The second kappa shape index (κ2) is 11.6. The predicted molar refractivity (Wildman–Crippen MR) is 149 cm³/mol. The number of unbranched alkanes of at least 4 members (excludes halogenated alkanes) is 1. The topological polar surface area (TPSA) is 144 Å². The van der Waals surface area contributed by atoms with Crippen molar-refractivity contribution >= 4 is 27.3 Å². The second-order valence-corrected chi connectivity index (χ2v) is 12.1. The van der Waals surface area contributed by atoms with Gasteiger partial charge in [-0.1, -0.05) is 29.5 Å². The molecule has 1 aromatic heterocycles. The Morgan fingerprint density at radius 2 is 1.95 bits per heavy atom. The van der Waals surface area contributed by atoms with E-state index in [1.54, 1.807) is 0 Å². The van der Waals surface area contributed by atoms with Gasteiger partial charge in [0.1, 0.15) is 5.52 Å². The normalized spacial score (nSPS) is 16.4. The molecule has 0 aliphatic carbocycles. The van der Waals surface area contributed by atoms with Gasteiger partial charge in [-0.25, -0.2) is 4.68 Å². The Morgan fingerprint density at radius 3 is 2.62 bits per heavy atom. The predicted octanol–water partition coefficient (Wildman–Crippen LogP) is 3.63. The third-order valence-corrected chi connectivity index (χ3v) is 8.83. The van der Waals surface area contributed by atoms with Gasteiger partial charge in [0.15, 0.2) is 0 Å². The van der Waals surface area contributed by atoms with Gasteiger partial charge >= 0.3 is 16.3 Å². The van der Waals surface area contributed by atoms with Gasteiger partial charge in [-0.2, -0.15) is 12.7 Å². The van der Waals surface area contributed by atoms with Crippen LogP contribution in [0.25, 0.3) is 11.0 Å². The highest BCUT2D eigenvalue weighted by atomic mass is 32.2. The fourth-order valence-electron chi connectivity index (χ4n) is 5.24. The van der Waals surface area contributed by atoms with Gasteiger partial charge in [-0.15, -0.1) is 5.10 Å². The molecule has 1 atom stereocenters. The van der Waals surface area contributed by atoms with Gasteiger partial charge in [0.2, 0.25) is 0 Å². The van der Waals surface area contributed by atoms with Crippen molar-refractivity contribution in [3.05, 3.63) is 70.2 Å². The molecule has 40 heavy (non-hydrogen) atoms. The zero-order valence-corrected chi connectivity index (χ0v) is 24.2. The van der Waals surface area contributed by atoms with Gasteiger partial charge in [0.05, 0.1) is 18.0 Å². The number of carbonyl (C=O) groups excluding carboxylic acids is 1. The standard InChI is InChI=1S/C28H36N4O7S/c1-18-8-9-20(16-21(18)17-31-14-12-24(34)39-40(31,36)37)25(28(3,4)27(35)38-5)22-10-11-23-26(19(22)2)29-30-32(23)13-6-7-15-33/h8-12,16,25,33-34H,6-7,13-15,17H2,1-5H3. The molecule has 1 aliphatic rings. The number of aliphatic hydroxyl groups excluding tert-OH is 2. The quantitative estimate of drug-likeness (QED) is 0.275. The van der Waals surface area contributed by atoms with Crippen molar-refractivity contribution in [1.29, 1.82) is 0 Å². The molecule has 2 N–H and O–H groups in total. The molecule has 0 radical (unpaired) electrons. The molecular weight excluding hydrogens is 536 g/mol. The van der Waals surface area contributed by atoms with Crippen molar-refractivity contribution in [3.63, 3.8) is 0 Å². The summed E-state index contributed by atoms with van der Waals surface area (Å²) in [6, 6.07) is 9.68. The van der Waals surface area contributed by atoms with Gasteiger partial charge in [0, 0.05) is 38.2 Å². The maximum Gasteiger partial charge on any atom is 0.388 e. The lowest BCUT2D eigenvalue weighted by atomic mass is 9.69. The minimum atomic E-state index is -4.15. The van der Waals surface area contributed by atoms with Crippen LogP contribution in [0.4, 0.5) is 0 Å². The van der Waals surface area contributed by atoms with Crippen molar-refractivity contribution in [2.45, 2.75) is 59.5 Å². The Morgan fingerprint density at radius 1 is 1.20 bits per heavy atom. The smallest absolute Gasteiger partial charge is 0.388 e. The average molecular weight is 573 g/mol. The van der Waals surface area contributed by atoms with Crippen molar-refractivity contribution in [2.75, 3.05) is 20.3 Å². The number of benzene rings is 2. The van der Waals surface area contributed by atoms with Crippen molar-refractivity contribution in [1.82, 2.24) is 19.3 Å². The van der Waals surface area contributed by atoms with Crippen LogP contribution in [0.1, 0.15) is 60.4 Å². The number of fused-ring (bicyclic) bond motifs is 1. The number of hydrogen-bond donors (Lipinski definition) is 2. The van der Waals surface area contributed by atoms with Gasteiger partial charge < -0.3 is 19.1 Å². The van der Waals surface area contributed by atoms with Crippen LogP contribution in [-0.4, -0.2) is 64.2 Å². The Kier molecular flexibility index (Phi) is 8.52. The summed E-state index contributed by atoms with van der Waals surface area (Å²) in [7, 11) is -2.79. The Labute approximate surface area is 234 Å². The highest BCUT2D eigenvalue weighted by Crippen LogP contribution is 2.44. The molecule has 0 spiro atoms. The number of aromatic nitrogens is 3. The molecule has 216 valence electrons. The van der Waals surface area contributed by atoms with Crippen LogP contribution in [-0.2, 0) is 37.1 Å². The van der Waals surface area contributed by atoms with Crippen molar-refractivity contribution in [3.8, 4) is 0 Å². The van der Waals surface area contributed by atoms with Crippen LogP contribution in [0.15, 0.2) is 42.4 Å². The SMILES string of the molecule is COC(=O)C(C)(C)C(c1ccc(C)c(CN2CC=C(O)OS2(=O)=O)c1)c1ccc2c(nnn2CCCCO)c1C. The highest BCUT2D eigenvalue weighted by molar-refractivity contribution is 7.84. The van der Waals surface area contributed by atoms with E-state index in [0.29, 0.717) is 13.0 Å². The number of hydrogen-bond acceptors (Lipinski definition) is 9. The lowest BCUT2D eigenvalue weighted by Crippen LogP contribution is -2.36. The van der Waals surface area contributed by atoms with E-state index in [0.717, 1.165) is 49.6 Å². The molecule has 12 heteroatoms. The first kappa shape index (κ1) is 29.5. The third kappa shape index (κ3) is 5.70. The summed E-state index contributed by atoms with van der Waals surface area (Å²) < 4.78 is 37.8. The maximum absolute atomic E-state index is 13.1. The van der Waals surface area contributed by atoms with E-state index in [9.17, 15) is 18.3 Å². The number of aryl methyl sites for hydroxylation is 3. The molecule has 0 amide bonds. The van der Waals surface area contributed by atoms with Crippen molar-refractivity contribution in [2.24, 2.45) is 5.41 Å². The molecule has 2 heterocycles. The summed E-state index contributed by atoms with van der Waals surface area (Å²) in [5.74, 6) is -1.49. The summed E-state index contributed by atoms with van der Waals surface area (Å²) >= 11 is 0. The van der Waals surface area contributed by atoms with Crippen LogP contribution >= 0.6 is 0 Å². The first-order valence-electron chi connectivity index (χ1n) is 13.1. The molecule has 0 fully saturated rings. The number of rotatable bonds is 10. The zero-order chi connectivity index (χ0) is 29.2. The van der Waals surface area contributed by atoms with Gasteiger partial charge in [0.25, 0.3) is 5.95 Å². The molecule has 1 unspecified atom stereocenters. The first-order chi connectivity index (χ1) is 18.9. The number of esters is 1. The number of nitrogens with zero attached hydrogens (tertiary/aromatic N) is 4. The largest absolute Gasteiger partial charge is 0.480 e. The Hall–Kier alpha value is -3.48. The maximum atomic E-state index is 13.1. The summed E-state index contributed by atoms with van der Waals surface area (Å²) in [6.07, 6.45) is 2.73. The van der Waals surface area contributed by atoms with Gasteiger partial charge in [-0.3, -0.25) is 4.79 Å². The van der Waals surface area contributed by atoms with Crippen LogP contribution in [0, 0.1) is 19.3 Å². The molecule has 0 saturated heterocycles. The molecule has 0 bridgehead atoms. The van der Waals surface area contributed by atoms with Crippen LogP contribution in [0.5, 0.6) is 0 Å². The van der Waals surface area contributed by atoms with E-state index in [2.05, 4.69) is 14.5 Å².